The molecule has 68 valence electrons. The van der Waals surface area contributed by atoms with Crippen molar-refractivity contribution in [2.45, 2.75) is 20.8 Å². The Morgan fingerprint density at radius 3 is 2.33 bits per heavy atom. The van der Waals surface area contributed by atoms with Crippen LogP contribution in [0.1, 0.15) is 20.8 Å². The normalized spacial score (nSPS) is 11.9. The highest BCUT2D eigenvalue weighted by atomic mass is 15.1. The minimum absolute atomic E-state index is 0.132. The fourth-order valence-corrected chi connectivity index (χ4v) is 0.488. The topological polar surface area (TPSA) is 24.7 Å². The smallest absolute Gasteiger partial charge is 0.0811 e. The highest BCUT2D eigenvalue weighted by Gasteiger charge is 2.13. The Balaban J connectivity index is 3.79. The summed E-state index contributed by atoms with van der Waals surface area (Å²) in [6, 6.07) is 0. The minimum Gasteiger partial charge on any atom is -0.190 e. The van der Waals surface area contributed by atoms with Crippen molar-refractivity contribution < 1.29 is 0 Å². The molecule has 0 fully saturated rings. The van der Waals surface area contributed by atoms with E-state index in [1.807, 2.05) is 0 Å². The van der Waals surface area contributed by atoms with Crippen LogP contribution in [0.5, 0.6) is 0 Å². The van der Waals surface area contributed by atoms with Crippen LogP contribution in [0.3, 0.4) is 0 Å². The number of rotatable bonds is 4. The van der Waals surface area contributed by atoms with Crippen molar-refractivity contribution in [2.75, 3.05) is 13.1 Å². The fourth-order valence-electron chi connectivity index (χ4n) is 0.488. The van der Waals surface area contributed by atoms with Crippen molar-refractivity contribution in [1.29, 1.82) is 0 Å². The van der Waals surface area contributed by atoms with E-state index in [0.29, 0.717) is 13.1 Å². The van der Waals surface area contributed by atoms with Crippen LogP contribution < -0.4 is 0 Å². The molecular formula is C10H18N2. The van der Waals surface area contributed by atoms with Gasteiger partial charge in [0.25, 0.3) is 0 Å². The minimum atomic E-state index is 0.132. The molecule has 0 radical (unpaired) electrons. The maximum atomic E-state index is 3.98. The molecule has 0 aromatic rings. The van der Waals surface area contributed by atoms with Crippen LogP contribution in [0.4, 0.5) is 0 Å². The Bertz CT molecular complexity index is 185. The largest absolute Gasteiger partial charge is 0.190 e. The van der Waals surface area contributed by atoms with Gasteiger partial charge in [-0.3, -0.25) is 0 Å². The highest BCUT2D eigenvalue weighted by Crippen LogP contribution is 2.23. The molecule has 0 rings (SSSR count). The van der Waals surface area contributed by atoms with Crippen molar-refractivity contribution in [1.82, 2.24) is 0 Å². The predicted octanol–water partition coefficient (Wildman–Crippen LogP) is 3.23. The second kappa shape index (κ2) is 4.86. The molecule has 0 heterocycles. The van der Waals surface area contributed by atoms with Crippen molar-refractivity contribution in [3.63, 3.8) is 0 Å². The van der Waals surface area contributed by atoms with Gasteiger partial charge in [0.05, 0.1) is 13.1 Å². The van der Waals surface area contributed by atoms with Crippen LogP contribution in [-0.4, -0.2) is 13.1 Å². The lowest BCUT2D eigenvalue weighted by Gasteiger charge is -2.19. The lowest BCUT2D eigenvalue weighted by molar-refractivity contribution is 0.495. The van der Waals surface area contributed by atoms with Gasteiger partial charge in [-0.1, -0.05) is 33.4 Å². The first kappa shape index (κ1) is 11.1. The SMILES string of the molecule is C=CCN=NCC(=C)C(C)(C)C. The molecule has 0 aromatic carbocycles. The molecule has 0 spiro atoms. The molecule has 0 atom stereocenters. The molecule has 0 N–H and O–H groups in total. The third kappa shape index (κ3) is 4.83. The van der Waals surface area contributed by atoms with E-state index in [-0.39, 0.29) is 5.41 Å². The van der Waals surface area contributed by atoms with Crippen LogP contribution >= 0.6 is 0 Å². The van der Waals surface area contributed by atoms with Crippen molar-refractivity contribution in [3.05, 3.63) is 24.8 Å². The van der Waals surface area contributed by atoms with Gasteiger partial charge in [-0.05, 0) is 11.0 Å². The summed E-state index contributed by atoms with van der Waals surface area (Å²) in [7, 11) is 0. The van der Waals surface area contributed by atoms with Gasteiger partial charge in [0.15, 0.2) is 0 Å². The van der Waals surface area contributed by atoms with Crippen LogP contribution in [0.2, 0.25) is 0 Å². The molecule has 0 saturated heterocycles. The van der Waals surface area contributed by atoms with Crippen molar-refractivity contribution >= 4 is 0 Å². The Hall–Kier alpha value is -0.920. The van der Waals surface area contributed by atoms with Gasteiger partial charge >= 0.3 is 0 Å². The van der Waals surface area contributed by atoms with Crippen LogP contribution in [0, 0.1) is 5.41 Å². The van der Waals surface area contributed by atoms with Gasteiger partial charge < -0.3 is 0 Å². The zero-order valence-electron chi connectivity index (χ0n) is 8.30. The van der Waals surface area contributed by atoms with Gasteiger partial charge in [0, 0.05) is 0 Å². The summed E-state index contributed by atoms with van der Waals surface area (Å²) in [6.07, 6.45) is 1.73. The Morgan fingerprint density at radius 1 is 1.33 bits per heavy atom. The number of hydrogen-bond donors (Lipinski definition) is 0. The monoisotopic (exact) mass is 166 g/mol. The third-order valence-electron chi connectivity index (χ3n) is 1.63. The molecule has 0 aliphatic carbocycles. The van der Waals surface area contributed by atoms with E-state index >= 15 is 0 Å². The van der Waals surface area contributed by atoms with Gasteiger partial charge in [0.1, 0.15) is 0 Å². The maximum Gasteiger partial charge on any atom is 0.0811 e. The lowest BCUT2D eigenvalue weighted by Crippen LogP contribution is -2.10. The quantitative estimate of drug-likeness (QED) is 0.452. The zero-order valence-corrected chi connectivity index (χ0v) is 8.30. The van der Waals surface area contributed by atoms with Crippen LogP contribution in [0.25, 0.3) is 0 Å². The molecule has 0 bridgehead atoms. The first-order chi connectivity index (χ1) is 5.48. The molecule has 2 heteroatoms. The van der Waals surface area contributed by atoms with E-state index < -0.39 is 0 Å². The molecular weight excluding hydrogens is 148 g/mol. The van der Waals surface area contributed by atoms with E-state index in [0.717, 1.165) is 5.57 Å². The molecule has 0 amide bonds. The molecule has 0 unspecified atom stereocenters. The van der Waals surface area contributed by atoms with E-state index in [4.69, 9.17) is 0 Å². The summed E-state index contributed by atoms with van der Waals surface area (Å²) < 4.78 is 0. The summed E-state index contributed by atoms with van der Waals surface area (Å²) in [6.45, 7) is 15.1. The van der Waals surface area contributed by atoms with Gasteiger partial charge in [-0.15, -0.1) is 6.58 Å². The van der Waals surface area contributed by atoms with E-state index in [1.165, 1.54) is 0 Å². The molecule has 0 saturated carbocycles. The number of nitrogens with zero attached hydrogens (tertiary/aromatic N) is 2. The fraction of sp³-hybridized carbons (Fsp3) is 0.600. The second-order valence-electron chi connectivity index (χ2n) is 3.77. The summed E-state index contributed by atoms with van der Waals surface area (Å²) in [5, 5.41) is 7.87. The van der Waals surface area contributed by atoms with E-state index in [9.17, 15) is 0 Å². The molecule has 0 aliphatic rings. The zero-order chi connectivity index (χ0) is 9.61. The Labute approximate surface area is 75.1 Å². The summed E-state index contributed by atoms with van der Waals surface area (Å²) in [5.41, 5.74) is 1.24. The predicted molar refractivity (Wildman–Crippen MR) is 53.4 cm³/mol. The van der Waals surface area contributed by atoms with Crippen molar-refractivity contribution in [2.24, 2.45) is 15.6 Å². The van der Waals surface area contributed by atoms with Gasteiger partial charge in [-0.2, -0.15) is 10.2 Å². The van der Waals surface area contributed by atoms with Crippen LogP contribution in [-0.2, 0) is 0 Å². The summed E-state index contributed by atoms with van der Waals surface area (Å²) >= 11 is 0. The van der Waals surface area contributed by atoms with E-state index in [2.05, 4.69) is 44.2 Å². The molecule has 0 aliphatic heterocycles. The van der Waals surface area contributed by atoms with E-state index in [1.54, 1.807) is 6.08 Å². The first-order valence-electron chi connectivity index (χ1n) is 4.11. The maximum absolute atomic E-state index is 3.98. The van der Waals surface area contributed by atoms with Gasteiger partial charge in [-0.25, -0.2) is 0 Å². The Morgan fingerprint density at radius 2 is 1.92 bits per heavy atom. The molecule has 12 heavy (non-hydrogen) atoms. The average Bonchev–Trinajstić information content (AvgIpc) is 1.96. The number of hydrogen-bond acceptors (Lipinski definition) is 2. The van der Waals surface area contributed by atoms with Crippen LogP contribution in [0.15, 0.2) is 35.0 Å². The highest BCUT2D eigenvalue weighted by molar-refractivity contribution is 5.06. The molecule has 0 aromatic heterocycles. The third-order valence-corrected chi connectivity index (χ3v) is 1.63. The Kier molecular flexibility index (Phi) is 4.49. The molecule has 2 nitrogen and oxygen atoms in total. The number of azo groups is 1. The average molecular weight is 166 g/mol. The van der Waals surface area contributed by atoms with Gasteiger partial charge in [0.2, 0.25) is 0 Å². The summed E-state index contributed by atoms with van der Waals surface area (Å²) in [5.74, 6) is 0. The van der Waals surface area contributed by atoms with Crippen molar-refractivity contribution in [3.8, 4) is 0 Å². The second-order valence-corrected chi connectivity index (χ2v) is 3.77. The summed E-state index contributed by atoms with van der Waals surface area (Å²) in [4.78, 5) is 0. The standard InChI is InChI=1S/C10H18N2/c1-6-7-11-12-8-9(2)10(3,4)5/h6H,1-2,7-8H2,3-5H3. The lowest BCUT2D eigenvalue weighted by atomic mass is 9.88. The first-order valence-corrected chi connectivity index (χ1v) is 4.11.